The van der Waals surface area contributed by atoms with Crippen LogP contribution >= 0.6 is 11.3 Å². The minimum Gasteiger partial charge on any atom is -0.490 e. The zero-order chi connectivity index (χ0) is 30.5. The predicted molar refractivity (Wildman–Crippen MR) is 162 cm³/mol. The van der Waals surface area contributed by atoms with Crippen molar-refractivity contribution in [3.05, 3.63) is 126 Å². The van der Waals surface area contributed by atoms with Crippen LogP contribution in [0.15, 0.2) is 93.9 Å². The van der Waals surface area contributed by atoms with Gasteiger partial charge in [-0.2, -0.15) is 0 Å². The van der Waals surface area contributed by atoms with E-state index in [1.807, 2.05) is 50.2 Å². The minimum absolute atomic E-state index is 0.205. The van der Waals surface area contributed by atoms with Gasteiger partial charge in [0, 0.05) is 0 Å². The average Bonchev–Trinajstić information content (AvgIpc) is 3.34. The third-order valence-electron chi connectivity index (χ3n) is 6.93. The topological polar surface area (TPSA) is 116 Å². The number of aromatic carboxylic acids is 1. The Labute approximate surface area is 251 Å². The molecule has 4 aromatic rings. The molecule has 0 fully saturated rings. The fourth-order valence-electron chi connectivity index (χ4n) is 4.87. The third kappa shape index (κ3) is 6.14. The van der Waals surface area contributed by atoms with Crippen molar-refractivity contribution in [2.45, 2.75) is 32.9 Å². The number of rotatable bonds is 10. The third-order valence-corrected chi connectivity index (χ3v) is 7.91. The SMILES string of the molecule is CCOc1cc(/C=c2\sc3n(c2=O)[C@@H](c2ccccc2)C(C(=O)OC)=C(CC)N=3)ccc1OCc1ccc(C(=O)O)cc1. The van der Waals surface area contributed by atoms with Crippen molar-refractivity contribution in [1.29, 1.82) is 0 Å². The van der Waals surface area contributed by atoms with Crippen LogP contribution < -0.4 is 24.4 Å². The van der Waals surface area contributed by atoms with Crippen LogP contribution in [-0.4, -0.2) is 35.3 Å². The molecule has 0 saturated carbocycles. The number of carboxylic acid groups (broad SMARTS) is 1. The maximum atomic E-state index is 13.9. The van der Waals surface area contributed by atoms with E-state index >= 15 is 0 Å². The van der Waals surface area contributed by atoms with Crippen LogP contribution in [0, 0.1) is 0 Å². The molecule has 0 amide bonds. The quantitative estimate of drug-likeness (QED) is 0.268. The first kappa shape index (κ1) is 29.5. The molecule has 0 radical (unpaired) electrons. The summed E-state index contributed by atoms with van der Waals surface area (Å²) in [7, 11) is 1.33. The van der Waals surface area contributed by atoms with E-state index < -0.39 is 18.0 Å². The number of thiazole rings is 1. The van der Waals surface area contributed by atoms with Crippen molar-refractivity contribution in [2.75, 3.05) is 13.7 Å². The Hall–Kier alpha value is -4.96. The van der Waals surface area contributed by atoms with Crippen molar-refractivity contribution in [3.63, 3.8) is 0 Å². The first-order chi connectivity index (χ1) is 20.8. The molecule has 1 aliphatic rings. The molecule has 9 nitrogen and oxygen atoms in total. The van der Waals surface area contributed by atoms with Gasteiger partial charge in [0.15, 0.2) is 16.3 Å². The molecule has 3 aromatic carbocycles. The number of carbonyl (C=O) groups excluding carboxylic acids is 1. The Balaban J connectivity index is 1.52. The molecule has 0 spiro atoms. The monoisotopic (exact) mass is 598 g/mol. The van der Waals surface area contributed by atoms with Crippen LogP contribution in [0.3, 0.4) is 0 Å². The molecule has 0 saturated heterocycles. The summed E-state index contributed by atoms with van der Waals surface area (Å²) in [5, 5.41) is 9.11. The molecular formula is C33H30N2O7S. The fraction of sp³-hybridized carbons (Fsp3) is 0.212. The summed E-state index contributed by atoms with van der Waals surface area (Å²) in [6, 6.07) is 20.6. The maximum Gasteiger partial charge on any atom is 0.338 e. The summed E-state index contributed by atoms with van der Waals surface area (Å²) in [6.45, 7) is 4.41. The van der Waals surface area contributed by atoms with E-state index in [2.05, 4.69) is 0 Å². The molecule has 0 aliphatic carbocycles. The van der Waals surface area contributed by atoms with Crippen LogP contribution in [0.4, 0.5) is 0 Å². The second kappa shape index (κ2) is 12.9. The molecule has 43 heavy (non-hydrogen) atoms. The van der Waals surface area contributed by atoms with Crippen molar-refractivity contribution in [2.24, 2.45) is 4.99 Å². The van der Waals surface area contributed by atoms with Gasteiger partial charge in [-0.25, -0.2) is 14.6 Å². The van der Waals surface area contributed by atoms with Gasteiger partial charge >= 0.3 is 11.9 Å². The van der Waals surface area contributed by atoms with Crippen LogP contribution in [0.2, 0.25) is 0 Å². The van der Waals surface area contributed by atoms with Crippen molar-refractivity contribution in [1.82, 2.24) is 4.57 Å². The van der Waals surface area contributed by atoms with Gasteiger partial charge in [-0.3, -0.25) is 9.36 Å². The number of hydrogen-bond donors (Lipinski definition) is 1. The highest BCUT2D eigenvalue weighted by molar-refractivity contribution is 7.07. The van der Waals surface area contributed by atoms with E-state index in [0.717, 1.165) is 16.7 Å². The van der Waals surface area contributed by atoms with E-state index in [-0.39, 0.29) is 17.7 Å². The Morgan fingerprint density at radius 3 is 2.40 bits per heavy atom. The van der Waals surface area contributed by atoms with Crippen molar-refractivity contribution < 1.29 is 28.9 Å². The zero-order valence-electron chi connectivity index (χ0n) is 23.9. The van der Waals surface area contributed by atoms with E-state index in [0.29, 0.717) is 45.1 Å². The van der Waals surface area contributed by atoms with E-state index in [9.17, 15) is 14.4 Å². The number of ether oxygens (including phenoxy) is 3. The van der Waals surface area contributed by atoms with Gasteiger partial charge in [0.25, 0.3) is 5.56 Å². The number of aromatic nitrogens is 1. The Kier molecular flexibility index (Phi) is 8.87. The standard InChI is InChI=1S/C33H30N2O7S/c1-4-24-28(32(39)40-3)29(22-9-7-6-8-10-22)35-30(36)27(43-33(35)34-24)18-21-13-16-25(26(17-21)41-5-2)42-19-20-11-14-23(15-12-20)31(37)38/h6-18,29H,4-5,19H2,1-3H3,(H,37,38)/b27-18-/t29-/m0/s1. The summed E-state index contributed by atoms with van der Waals surface area (Å²) in [6.07, 6.45) is 2.28. The lowest BCUT2D eigenvalue weighted by atomic mass is 9.95. The zero-order valence-corrected chi connectivity index (χ0v) is 24.7. The number of carboxylic acids is 1. The van der Waals surface area contributed by atoms with Gasteiger partial charge in [0.1, 0.15) is 6.61 Å². The highest BCUT2D eigenvalue weighted by Gasteiger charge is 2.33. The molecular weight excluding hydrogens is 568 g/mol. The van der Waals surface area contributed by atoms with E-state index in [1.165, 1.54) is 30.6 Å². The van der Waals surface area contributed by atoms with Crippen LogP contribution in [-0.2, 0) is 16.1 Å². The molecule has 5 rings (SSSR count). The van der Waals surface area contributed by atoms with Gasteiger partial charge in [0.05, 0.1) is 41.1 Å². The lowest BCUT2D eigenvalue weighted by molar-refractivity contribution is -0.136. The smallest absolute Gasteiger partial charge is 0.338 e. The molecule has 1 aliphatic heterocycles. The first-order valence-electron chi connectivity index (χ1n) is 13.7. The second-order valence-corrected chi connectivity index (χ2v) is 10.6. The lowest BCUT2D eigenvalue weighted by Gasteiger charge is -2.25. The number of esters is 1. The highest BCUT2D eigenvalue weighted by Crippen LogP contribution is 2.32. The lowest BCUT2D eigenvalue weighted by Crippen LogP contribution is -2.40. The number of nitrogens with zero attached hydrogens (tertiary/aromatic N) is 2. The molecule has 10 heteroatoms. The first-order valence-corrected chi connectivity index (χ1v) is 14.6. The average molecular weight is 599 g/mol. The molecule has 1 N–H and O–H groups in total. The van der Waals surface area contributed by atoms with Gasteiger partial charge in [-0.15, -0.1) is 0 Å². The second-order valence-electron chi connectivity index (χ2n) is 9.63. The number of methoxy groups -OCH3 is 1. The van der Waals surface area contributed by atoms with Crippen LogP contribution in [0.5, 0.6) is 11.5 Å². The summed E-state index contributed by atoms with van der Waals surface area (Å²) in [5.41, 5.74) is 3.20. The molecule has 2 heterocycles. The number of benzene rings is 3. The van der Waals surface area contributed by atoms with E-state index in [4.69, 9.17) is 24.3 Å². The van der Waals surface area contributed by atoms with Crippen molar-refractivity contribution >= 4 is 29.4 Å². The number of carbonyl (C=O) groups is 2. The molecule has 220 valence electrons. The summed E-state index contributed by atoms with van der Waals surface area (Å²) in [4.78, 5) is 43.1. The Bertz CT molecular complexity index is 1870. The van der Waals surface area contributed by atoms with Gasteiger partial charge in [-0.1, -0.05) is 66.8 Å². The highest BCUT2D eigenvalue weighted by atomic mass is 32.1. The van der Waals surface area contributed by atoms with Gasteiger partial charge < -0.3 is 19.3 Å². The summed E-state index contributed by atoms with van der Waals surface area (Å²) in [5.74, 6) is -0.477. The van der Waals surface area contributed by atoms with Crippen LogP contribution in [0.25, 0.3) is 6.08 Å². The predicted octanol–water partition coefficient (Wildman–Crippen LogP) is 4.47. The largest absolute Gasteiger partial charge is 0.490 e. The number of fused-ring (bicyclic) bond motifs is 1. The van der Waals surface area contributed by atoms with Gasteiger partial charge in [-0.05, 0) is 60.4 Å². The summed E-state index contributed by atoms with van der Waals surface area (Å²) < 4.78 is 19.0. The molecule has 0 bridgehead atoms. The van der Waals surface area contributed by atoms with E-state index in [1.54, 1.807) is 34.9 Å². The fourth-order valence-corrected chi connectivity index (χ4v) is 5.89. The number of allylic oxidation sites excluding steroid dienone is 1. The normalized spacial score (nSPS) is 14.6. The minimum atomic E-state index is -0.987. The summed E-state index contributed by atoms with van der Waals surface area (Å²) >= 11 is 1.26. The Morgan fingerprint density at radius 2 is 1.74 bits per heavy atom. The molecule has 1 atom stereocenters. The van der Waals surface area contributed by atoms with Crippen molar-refractivity contribution in [3.8, 4) is 11.5 Å². The van der Waals surface area contributed by atoms with Gasteiger partial charge in [0.2, 0.25) is 0 Å². The molecule has 1 aromatic heterocycles. The van der Waals surface area contributed by atoms with Crippen LogP contribution in [0.1, 0.15) is 53.4 Å². The molecule has 0 unspecified atom stereocenters. The number of hydrogen-bond acceptors (Lipinski definition) is 8. The Morgan fingerprint density at radius 1 is 1.00 bits per heavy atom. The maximum absolute atomic E-state index is 13.9.